The molecule has 1 heterocycles. The lowest BCUT2D eigenvalue weighted by Gasteiger charge is -2.11. The van der Waals surface area contributed by atoms with E-state index < -0.39 is 0 Å². The average Bonchev–Trinajstić information content (AvgIpc) is 2.91. The Hall–Kier alpha value is -1.72. The molecule has 3 rings (SSSR count). The van der Waals surface area contributed by atoms with Gasteiger partial charge in [0.15, 0.2) is 11.5 Å². The topological polar surface area (TPSA) is 53.7 Å². The number of halogens is 1. The number of hydrogen-bond acceptors (Lipinski definition) is 4. The molecule has 1 aliphatic rings. The molecule has 0 unspecified atom stereocenters. The summed E-state index contributed by atoms with van der Waals surface area (Å²) >= 11 is 3.45. The van der Waals surface area contributed by atoms with E-state index in [0.717, 1.165) is 27.1 Å². The summed E-state index contributed by atoms with van der Waals surface area (Å²) in [5, 5.41) is 0. The van der Waals surface area contributed by atoms with E-state index in [0.29, 0.717) is 18.9 Å². The molecule has 0 saturated heterocycles. The Bertz CT molecular complexity index is 631. The van der Waals surface area contributed by atoms with Gasteiger partial charge in [-0.15, -0.1) is 0 Å². The van der Waals surface area contributed by atoms with Crippen LogP contribution >= 0.6 is 15.9 Å². The van der Waals surface area contributed by atoms with Gasteiger partial charge in [0.25, 0.3) is 0 Å². The molecule has 0 amide bonds. The number of nitrogens with two attached hydrogens (primary N) is 1. The van der Waals surface area contributed by atoms with Crippen molar-refractivity contribution in [1.82, 2.24) is 0 Å². The van der Waals surface area contributed by atoms with Crippen LogP contribution in [-0.4, -0.2) is 6.79 Å². The molecule has 0 aliphatic carbocycles. The van der Waals surface area contributed by atoms with E-state index in [1.165, 1.54) is 0 Å². The summed E-state index contributed by atoms with van der Waals surface area (Å²) in [5.74, 6) is 2.16. The van der Waals surface area contributed by atoms with Crippen molar-refractivity contribution in [3.8, 4) is 17.2 Å². The first-order valence-electron chi connectivity index (χ1n) is 6.26. The van der Waals surface area contributed by atoms with Crippen LogP contribution in [0, 0.1) is 0 Å². The summed E-state index contributed by atoms with van der Waals surface area (Å²) in [4.78, 5) is 0. The van der Waals surface area contributed by atoms with Gasteiger partial charge in [-0.25, -0.2) is 0 Å². The summed E-state index contributed by atoms with van der Waals surface area (Å²) in [6.45, 7) is 1.12. The van der Waals surface area contributed by atoms with Crippen LogP contribution in [0.1, 0.15) is 11.1 Å². The van der Waals surface area contributed by atoms with Crippen molar-refractivity contribution >= 4 is 15.9 Å². The zero-order chi connectivity index (χ0) is 13.9. The molecule has 2 aromatic rings. The smallest absolute Gasteiger partial charge is 0.231 e. The second-order valence-corrected chi connectivity index (χ2v) is 5.35. The Kier molecular flexibility index (Phi) is 3.80. The summed E-state index contributed by atoms with van der Waals surface area (Å²) in [6.07, 6.45) is 0. The van der Waals surface area contributed by atoms with Gasteiger partial charge in [-0.2, -0.15) is 0 Å². The van der Waals surface area contributed by atoms with E-state index in [-0.39, 0.29) is 6.79 Å². The molecule has 4 nitrogen and oxygen atoms in total. The van der Waals surface area contributed by atoms with E-state index in [1.54, 1.807) is 0 Å². The Morgan fingerprint density at radius 3 is 2.70 bits per heavy atom. The fraction of sp³-hybridized carbons (Fsp3) is 0.200. The van der Waals surface area contributed by atoms with Gasteiger partial charge in [-0.3, -0.25) is 0 Å². The third-order valence-corrected chi connectivity index (χ3v) is 3.55. The lowest BCUT2D eigenvalue weighted by molar-refractivity contribution is 0.173. The van der Waals surface area contributed by atoms with E-state index in [1.807, 2.05) is 36.4 Å². The number of rotatable bonds is 4. The fourth-order valence-electron chi connectivity index (χ4n) is 2.05. The van der Waals surface area contributed by atoms with Crippen molar-refractivity contribution in [3.63, 3.8) is 0 Å². The van der Waals surface area contributed by atoms with Crippen LogP contribution in [0.15, 0.2) is 40.9 Å². The molecular formula is C15H14BrNO3. The minimum Gasteiger partial charge on any atom is -0.488 e. The number of hydrogen-bond donors (Lipinski definition) is 1. The summed E-state index contributed by atoms with van der Waals surface area (Å²) in [7, 11) is 0. The van der Waals surface area contributed by atoms with Crippen LogP contribution in [0.3, 0.4) is 0 Å². The van der Waals surface area contributed by atoms with Crippen LogP contribution in [0.25, 0.3) is 0 Å². The first kappa shape index (κ1) is 13.3. The molecule has 0 saturated carbocycles. The van der Waals surface area contributed by atoms with Gasteiger partial charge in [0, 0.05) is 22.6 Å². The largest absolute Gasteiger partial charge is 0.488 e. The van der Waals surface area contributed by atoms with Crippen molar-refractivity contribution in [2.75, 3.05) is 6.79 Å². The molecule has 0 bridgehead atoms. The molecule has 0 radical (unpaired) electrons. The highest BCUT2D eigenvalue weighted by Crippen LogP contribution is 2.38. The third-order valence-electron chi connectivity index (χ3n) is 3.06. The maximum Gasteiger partial charge on any atom is 0.231 e. The Morgan fingerprint density at radius 1 is 1.15 bits per heavy atom. The third kappa shape index (κ3) is 2.73. The van der Waals surface area contributed by atoms with Crippen molar-refractivity contribution in [1.29, 1.82) is 0 Å². The minimum absolute atomic E-state index is 0.244. The predicted molar refractivity (Wildman–Crippen MR) is 78.9 cm³/mol. The number of ether oxygens (including phenoxy) is 3. The van der Waals surface area contributed by atoms with Gasteiger partial charge < -0.3 is 19.9 Å². The van der Waals surface area contributed by atoms with Crippen LogP contribution < -0.4 is 19.9 Å². The Morgan fingerprint density at radius 2 is 1.95 bits per heavy atom. The number of benzene rings is 2. The molecule has 5 heteroatoms. The normalized spacial score (nSPS) is 12.5. The van der Waals surface area contributed by atoms with E-state index in [4.69, 9.17) is 19.9 Å². The zero-order valence-electron chi connectivity index (χ0n) is 10.8. The Balaban J connectivity index is 1.80. The molecule has 0 atom stereocenters. The van der Waals surface area contributed by atoms with Crippen LogP contribution in [0.2, 0.25) is 0 Å². The second-order valence-electron chi connectivity index (χ2n) is 4.44. The van der Waals surface area contributed by atoms with Gasteiger partial charge in [0.2, 0.25) is 6.79 Å². The van der Waals surface area contributed by atoms with Gasteiger partial charge >= 0.3 is 0 Å². The molecule has 1 aliphatic heterocycles. The molecule has 104 valence electrons. The minimum atomic E-state index is 0.244. The monoisotopic (exact) mass is 335 g/mol. The van der Waals surface area contributed by atoms with Gasteiger partial charge in [0.1, 0.15) is 12.4 Å². The Labute approximate surface area is 125 Å². The lowest BCUT2D eigenvalue weighted by Crippen LogP contribution is -2.03. The van der Waals surface area contributed by atoms with Gasteiger partial charge in [0.05, 0.1) is 0 Å². The summed E-state index contributed by atoms with van der Waals surface area (Å²) in [5.41, 5.74) is 7.74. The quantitative estimate of drug-likeness (QED) is 0.932. The van der Waals surface area contributed by atoms with Crippen molar-refractivity contribution in [2.24, 2.45) is 5.73 Å². The zero-order valence-corrected chi connectivity index (χ0v) is 12.4. The highest BCUT2D eigenvalue weighted by atomic mass is 79.9. The first-order chi connectivity index (χ1) is 9.76. The van der Waals surface area contributed by atoms with Crippen molar-refractivity contribution < 1.29 is 14.2 Å². The highest BCUT2D eigenvalue weighted by molar-refractivity contribution is 9.10. The van der Waals surface area contributed by atoms with E-state index in [2.05, 4.69) is 15.9 Å². The highest BCUT2D eigenvalue weighted by Gasteiger charge is 2.17. The molecule has 0 fully saturated rings. The van der Waals surface area contributed by atoms with Crippen LogP contribution in [0.4, 0.5) is 0 Å². The standard InChI is InChI=1S/C15H14BrNO3/c16-12-3-1-2-10(4-12)8-18-13-6-15-14(19-9-20-15)5-11(13)7-17/h1-6H,7-9,17H2. The summed E-state index contributed by atoms with van der Waals surface area (Å²) < 4.78 is 17.6. The van der Waals surface area contributed by atoms with Gasteiger partial charge in [-0.05, 0) is 23.8 Å². The second kappa shape index (κ2) is 5.73. The summed E-state index contributed by atoms with van der Waals surface area (Å²) in [6, 6.07) is 11.7. The maximum atomic E-state index is 5.86. The molecule has 2 aromatic carbocycles. The predicted octanol–water partition coefficient (Wildman–Crippen LogP) is 3.22. The van der Waals surface area contributed by atoms with Crippen molar-refractivity contribution in [3.05, 3.63) is 52.0 Å². The molecular weight excluding hydrogens is 322 g/mol. The average molecular weight is 336 g/mol. The molecule has 0 aromatic heterocycles. The van der Waals surface area contributed by atoms with Crippen LogP contribution in [-0.2, 0) is 13.2 Å². The van der Waals surface area contributed by atoms with Crippen LogP contribution in [0.5, 0.6) is 17.2 Å². The molecule has 2 N–H and O–H groups in total. The lowest BCUT2D eigenvalue weighted by atomic mass is 10.1. The van der Waals surface area contributed by atoms with E-state index in [9.17, 15) is 0 Å². The SMILES string of the molecule is NCc1cc2c(cc1OCc1cccc(Br)c1)OCO2. The van der Waals surface area contributed by atoms with Crippen molar-refractivity contribution in [2.45, 2.75) is 13.2 Å². The molecule has 0 spiro atoms. The maximum absolute atomic E-state index is 5.86. The van der Waals surface area contributed by atoms with E-state index >= 15 is 0 Å². The van der Waals surface area contributed by atoms with Gasteiger partial charge in [-0.1, -0.05) is 28.1 Å². The first-order valence-corrected chi connectivity index (χ1v) is 7.05. The molecule has 20 heavy (non-hydrogen) atoms. The fourth-order valence-corrected chi connectivity index (χ4v) is 2.49. The number of fused-ring (bicyclic) bond motifs is 1.